The summed E-state index contributed by atoms with van der Waals surface area (Å²) in [6.07, 6.45) is 4.42. The molecule has 2 heterocycles. The number of carbonyl (C=O) groups excluding carboxylic acids is 1. The van der Waals surface area contributed by atoms with Crippen molar-refractivity contribution in [2.75, 3.05) is 6.54 Å². The van der Waals surface area contributed by atoms with E-state index in [0.717, 1.165) is 25.8 Å². The predicted molar refractivity (Wildman–Crippen MR) is 67.2 cm³/mol. The van der Waals surface area contributed by atoms with E-state index >= 15 is 0 Å². The highest BCUT2D eigenvalue weighted by Crippen LogP contribution is 2.22. The van der Waals surface area contributed by atoms with E-state index < -0.39 is 0 Å². The van der Waals surface area contributed by atoms with Crippen LogP contribution in [0.2, 0.25) is 0 Å². The van der Waals surface area contributed by atoms with E-state index in [0.29, 0.717) is 23.4 Å². The molecule has 2 rings (SSSR count). The van der Waals surface area contributed by atoms with Crippen LogP contribution in [0.4, 0.5) is 0 Å². The number of carbonyl (C=O) groups is 1. The number of furan rings is 1. The van der Waals surface area contributed by atoms with Crippen LogP contribution in [0.25, 0.3) is 0 Å². The van der Waals surface area contributed by atoms with Crippen LogP contribution in [0, 0.1) is 0 Å². The average molecular weight is 256 g/mol. The van der Waals surface area contributed by atoms with E-state index in [4.69, 9.17) is 16.0 Å². The summed E-state index contributed by atoms with van der Waals surface area (Å²) < 4.78 is 5.42. The third kappa shape index (κ3) is 2.65. The van der Waals surface area contributed by atoms with Crippen LogP contribution in [0.3, 0.4) is 0 Å². The summed E-state index contributed by atoms with van der Waals surface area (Å²) in [5.74, 6) is 1.39. The Balaban J connectivity index is 2.12. The number of rotatable bonds is 3. The number of halogens is 1. The zero-order chi connectivity index (χ0) is 12.3. The summed E-state index contributed by atoms with van der Waals surface area (Å²) in [6.45, 7) is 2.97. The molecule has 0 bridgehead atoms. The molecule has 94 valence electrons. The standard InChI is InChI=1S/C13H18ClNO2/c1-2-10-5-3-4-8-15(10)13(16)12-7-6-11(9-14)17-12/h6-7,10H,2-5,8-9H2,1H3. The molecule has 1 unspecified atom stereocenters. The fraction of sp³-hybridized carbons (Fsp3) is 0.615. The number of piperidine rings is 1. The lowest BCUT2D eigenvalue weighted by molar-refractivity contribution is 0.0574. The summed E-state index contributed by atoms with van der Waals surface area (Å²) in [4.78, 5) is 14.2. The molecule has 0 N–H and O–H groups in total. The Hall–Kier alpha value is -0.960. The Morgan fingerprint density at radius 2 is 2.35 bits per heavy atom. The second-order valence-corrected chi connectivity index (χ2v) is 4.72. The van der Waals surface area contributed by atoms with Gasteiger partial charge in [0.25, 0.3) is 5.91 Å². The normalized spacial score (nSPS) is 20.6. The second-order valence-electron chi connectivity index (χ2n) is 4.46. The van der Waals surface area contributed by atoms with Crippen molar-refractivity contribution in [3.05, 3.63) is 23.7 Å². The monoisotopic (exact) mass is 255 g/mol. The molecule has 1 saturated heterocycles. The van der Waals surface area contributed by atoms with Gasteiger partial charge in [0.15, 0.2) is 5.76 Å². The molecular formula is C13H18ClNO2. The van der Waals surface area contributed by atoms with Crippen LogP contribution in [0.5, 0.6) is 0 Å². The third-order valence-electron chi connectivity index (χ3n) is 3.36. The lowest BCUT2D eigenvalue weighted by Gasteiger charge is -2.34. The maximum Gasteiger partial charge on any atom is 0.289 e. The summed E-state index contributed by atoms with van der Waals surface area (Å²) >= 11 is 5.67. The van der Waals surface area contributed by atoms with E-state index in [1.54, 1.807) is 12.1 Å². The van der Waals surface area contributed by atoms with Gasteiger partial charge in [-0.1, -0.05) is 6.92 Å². The number of hydrogen-bond donors (Lipinski definition) is 0. The minimum absolute atomic E-state index is 0.00733. The second kappa shape index (κ2) is 5.58. The SMILES string of the molecule is CCC1CCCCN1C(=O)c1ccc(CCl)o1. The van der Waals surface area contributed by atoms with Gasteiger partial charge in [-0.3, -0.25) is 4.79 Å². The summed E-state index contributed by atoms with van der Waals surface area (Å²) in [5.41, 5.74) is 0. The van der Waals surface area contributed by atoms with Crippen LogP contribution in [-0.2, 0) is 5.88 Å². The van der Waals surface area contributed by atoms with Crippen molar-refractivity contribution in [1.29, 1.82) is 0 Å². The Bertz CT molecular complexity index is 389. The molecular weight excluding hydrogens is 238 g/mol. The van der Waals surface area contributed by atoms with Gasteiger partial charge in [0, 0.05) is 12.6 Å². The first-order valence-corrected chi connectivity index (χ1v) is 6.75. The van der Waals surface area contributed by atoms with Crippen LogP contribution < -0.4 is 0 Å². The van der Waals surface area contributed by atoms with E-state index in [2.05, 4.69) is 6.92 Å². The quantitative estimate of drug-likeness (QED) is 0.776. The molecule has 0 radical (unpaired) electrons. The molecule has 1 aliphatic rings. The minimum Gasteiger partial charge on any atom is -0.455 e. The van der Waals surface area contributed by atoms with Crippen molar-refractivity contribution in [3.63, 3.8) is 0 Å². The van der Waals surface area contributed by atoms with Crippen molar-refractivity contribution in [1.82, 2.24) is 4.90 Å². The molecule has 1 aromatic rings. The molecule has 0 aromatic carbocycles. The molecule has 1 atom stereocenters. The minimum atomic E-state index is 0.00733. The molecule has 0 saturated carbocycles. The summed E-state index contributed by atoms with van der Waals surface area (Å²) in [6, 6.07) is 3.85. The zero-order valence-corrected chi connectivity index (χ0v) is 10.9. The van der Waals surface area contributed by atoms with Gasteiger partial charge in [0.1, 0.15) is 5.76 Å². The molecule has 4 heteroatoms. The van der Waals surface area contributed by atoms with Crippen molar-refractivity contribution in [2.24, 2.45) is 0 Å². The zero-order valence-electron chi connectivity index (χ0n) is 10.1. The molecule has 17 heavy (non-hydrogen) atoms. The van der Waals surface area contributed by atoms with Crippen molar-refractivity contribution in [2.45, 2.75) is 44.5 Å². The van der Waals surface area contributed by atoms with E-state index in [9.17, 15) is 4.79 Å². The van der Waals surface area contributed by atoms with Crippen LogP contribution in [0.1, 0.15) is 48.9 Å². The van der Waals surface area contributed by atoms with Gasteiger partial charge in [-0.05, 0) is 37.8 Å². The lowest BCUT2D eigenvalue weighted by atomic mass is 10.00. The maximum atomic E-state index is 12.3. The van der Waals surface area contributed by atoms with E-state index in [-0.39, 0.29) is 5.91 Å². The lowest BCUT2D eigenvalue weighted by Crippen LogP contribution is -2.43. The average Bonchev–Trinajstić information content (AvgIpc) is 2.86. The van der Waals surface area contributed by atoms with Crippen LogP contribution in [0.15, 0.2) is 16.5 Å². The first-order chi connectivity index (χ1) is 8.26. The molecule has 0 aliphatic carbocycles. The fourth-order valence-corrected chi connectivity index (χ4v) is 2.54. The van der Waals surface area contributed by atoms with Gasteiger partial charge in [0.05, 0.1) is 5.88 Å². The Morgan fingerprint density at radius 1 is 1.53 bits per heavy atom. The topological polar surface area (TPSA) is 33.5 Å². The first-order valence-electron chi connectivity index (χ1n) is 6.22. The van der Waals surface area contributed by atoms with Crippen molar-refractivity contribution < 1.29 is 9.21 Å². The first kappa shape index (κ1) is 12.5. The predicted octanol–water partition coefficient (Wildman–Crippen LogP) is 3.42. The number of nitrogens with zero attached hydrogens (tertiary/aromatic N) is 1. The number of alkyl halides is 1. The Kier molecular flexibility index (Phi) is 4.11. The highest BCUT2D eigenvalue weighted by Gasteiger charge is 2.27. The Labute approximate surface area is 107 Å². The molecule has 1 fully saturated rings. The van der Waals surface area contributed by atoms with Gasteiger partial charge >= 0.3 is 0 Å². The van der Waals surface area contributed by atoms with Crippen LogP contribution >= 0.6 is 11.6 Å². The fourth-order valence-electron chi connectivity index (χ4n) is 2.40. The number of hydrogen-bond acceptors (Lipinski definition) is 2. The molecule has 1 aliphatic heterocycles. The van der Waals surface area contributed by atoms with Gasteiger partial charge in [0.2, 0.25) is 0 Å². The highest BCUT2D eigenvalue weighted by molar-refractivity contribution is 6.16. The number of likely N-dealkylation sites (tertiary alicyclic amines) is 1. The molecule has 3 nitrogen and oxygen atoms in total. The van der Waals surface area contributed by atoms with Gasteiger partial charge in [-0.25, -0.2) is 0 Å². The Morgan fingerprint density at radius 3 is 3.00 bits per heavy atom. The maximum absolute atomic E-state index is 12.3. The van der Waals surface area contributed by atoms with Crippen molar-refractivity contribution >= 4 is 17.5 Å². The van der Waals surface area contributed by atoms with Crippen molar-refractivity contribution in [3.8, 4) is 0 Å². The summed E-state index contributed by atoms with van der Waals surface area (Å²) in [5, 5.41) is 0. The molecule has 1 aromatic heterocycles. The smallest absolute Gasteiger partial charge is 0.289 e. The molecule has 1 amide bonds. The number of amides is 1. The van der Waals surface area contributed by atoms with E-state index in [1.807, 2.05) is 4.90 Å². The van der Waals surface area contributed by atoms with Gasteiger partial charge in [-0.15, -0.1) is 11.6 Å². The summed E-state index contributed by atoms with van der Waals surface area (Å²) in [7, 11) is 0. The van der Waals surface area contributed by atoms with Gasteiger partial charge < -0.3 is 9.32 Å². The third-order valence-corrected chi connectivity index (χ3v) is 3.63. The van der Waals surface area contributed by atoms with Gasteiger partial charge in [-0.2, -0.15) is 0 Å². The highest BCUT2D eigenvalue weighted by atomic mass is 35.5. The van der Waals surface area contributed by atoms with Crippen LogP contribution in [-0.4, -0.2) is 23.4 Å². The largest absolute Gasteiger partial charge is 0.455 e. The van der Waals surface area contributed by atoms with E-state index in [1.165, 1.54) is 6.42 Å². The molecule has 0 spiro atoms.